The lowest BCUT2D eigenvalue weighted by Crippen LogP contribution is -2.70. The van der Waals surface area contributed by atoms with Crippen molar-refractivity contribution in [2.75, 3.05) is 6.54 Å². The maximum Gasteiger partial charge on any atom is 0.264 e. The van der Waals surface area contributed by atoms with Crippen LogP contribution in [0.1, 0.15) is 49.7 Å². The molecule has 1 saturated carbocycles. The Morgan fingerprint density at radius 3 is 2.66 bits per heavy atom. The molecule has 6 atom stereocenters. The number of hydrogen-bond donors (Lipinski definition) is 3. The maximum absolute atomic E-state index is 15.3. The van der Waals surface area contributed by atoms with Gasteiger partial charge in [-0.1, -0.05) is 41.9 Å². The summed E-state index contributed by atoms with van der Waals surface area (Å²) in [6, 6.07) is 9.88. The molecule has 2 aromatic rings. The van der Waals surface area contributed by atoms with E-state index in [1.165, 1.54) is 6.07 Å². The number of hydrogen-bond acceptors (Lipinski definition) is 5. The summed E-state index contributed by atoms with van der Waals surface area (Å²) in [5, 5.41) is 27.6. The average molecular weight is 583 g/mol. The van der Waals surface area contributed by atoms with Crippen LogP contribution >= 0.6 is 11.6 Å². The molecule has 7 rings (SSSR count). The molecule has 8 nitrogen and oxygen atoms in total. The molecule has 0 spiro atoms. The van der Waals surface area contributed by atoms with Gasteiger partial charge in [0, 0.05) is 41.1 Å². The van der Waals surface area contributed by atoms with E-state index in [0.717, 1.165) is 11.3 Å². The first-order chi connectivity index (χ1) is 19.6. The number of piperidine rings is 3. The lowest BCUT2D eigenvalue weighted by Gasteiger charge is -2.54. The first kappa shape index (κ1) is 27.6. The summed E-state index contributed by atoms with van der Waals surface area (Å²) in [6.07, 6.45) is 0.943. The molecule has 11 heteroatoms. The van der Waals surface area contributed by atoms with Crippen molar-refractivity contribution in [1.82, 2.24) is 15.5 Å². The zero-order valence-corrected chi connectivity index (χ0v) is 22.8. The van der Waals surface area contributed by atoms with Crippen LogP contribution in [0.15, 0.2) is 42.5 Å². The van der Waals surface area contributed by atoms with Gasteiger partial charge in [-0.2, -0.15) is 5.26 Å². The van der Waals surface area contributed by atoms with E-state index in [9.17, 15) is 24.8 Å². The number of nitrogens with one attached hydrogen (secondary N) is 2. The maximum atomic E-state index is 15.3. The minimum absolute atomic E-state index is 0.0131. The molecular formula is C30H29ClF2N4O4. The Kier molecular flexibility index (Phi) is 6.78. The number of nitrogens with zero attached hydrogens (tertiary/aromatic N) is 2. The second-order valence-corrected chi connectivity index (χ2v) is 11.9. The van der Waals surface area contributed by atoms with Crippen molar-refractivity contribution in [3.63, 3.8) is 0 Å². The molecule has 3 amide bonds. The largest absolute Gasteiger partial charge is 0.372 e. The second-order valence-electron chi connectivity index (χ2n) is 11.5. The van der Waals surface area contributed by atoms with Crippen LogP contribution in [0.25, 0.3) is 11.1 Å². The van der Waals surface area contributed by atoms with Gasteiger partial charge in [-0.05, 0) is 55.4 Å². The van der Waals surface area contributed by atoms with Crippen LogP contribution in [-0.2, 0) is 20.0 Å². The van der Waals surface area contributed by atoms with Crippen molar-refractivity contribution in [3.8, 4) is 17.2 Å². The van der Waals surface area contributed by atoms with Crippen molar-refractivity contribution >= 4 is 29.3 Å². The molecule has 3 N–H and O–H groups in total. The molecule has 2 aromatic carbocycles. The normalized spacial score (nSPS) is 30.0. The number of halogens is 3. The quantitative estimate of drug-likeness (QED) is 0.498. The van der Waals surface area contributed by atoms with E-state index in [0.29, 0.717) is 24.1 Å². The molecule has 3 heterocycles. The molecule has 214 valence electrons. The number of alkyl halides is 2. The number of rotatable bonds is 5. The Balaban J connectivity index is 1.36. The molecule has 0 radical (unpaired) electrons. The first-order valence-corrected chi connectivity index (χ1v) is 14.2. The van der Waals surface area contributed by atoms with Crippen LogP contribution < -0.4 is 10.6 Å². The molecule has 4 fully saturated rings. The van der Waals surface area contributed by atoms with E-state index >= 15 is 8.78 Å². The number of carbonyl (C=O) groups is 3. The monoisotopic (exact) mass is 582 g/mol. The lowest BCUT2D eigenvalue weighted by atomic mass is 9.70. The Labute approximate surface area is 240 Å². The Hall–Kier alpha value is -3.55. The van der Waals surface area contributed by atoms with Crippen molar-refractivity contribution in [3.05, 3.63) is 58.6 Å². The van der Waals surface area contributed by atoms with Gasteiger partial charge < -0.3 is 20.6 Å². The summed E-state index contributed by atoms with van der Waals surface area (Å²) in [6.45, 7) is 0.538. The van der Waals surface area contributed by atoms with Gasteiger partial charge in [0.25, 0.3) is 11.8 Å². The molecule has 2 bridgehead atoms. The zero-order valence-electron chi connectivity index (χ0n) is 22.1. The second kappa shape index (κ2) is 10.1. The zero-order chi connectivity index (χ0) is 29.1. The fourth-order valence-corrected chi connectivity index (χ4v) is 7.36. The average Bonchev–Trinajstić information content (AvgIpc) is 3.21. The molecule has 1 unspecified atom stereocenters. The van der Waals surface area contributed by atoms with Crippen molar-refractivity contribution in [1.29, 1.82) is 5.26 Å². The van der Waals surface area contributed by atoms with Gasteiger partial charge in [-0.15, -0.1) is 0 Å². The molecule has 3 saturated heterocycles. The predicted molar refractivity (Wildman–Crippen MR) is 144 cm³/mol. The van der Waals surface area contributed by atoms with Gasteiger partial charge in [0.05, 0.1) is 12.0 Å². The first-order valence-electron chi connectivity index (χ1n) is 13.9. The van der Waals surface area contributed by atoms with Crippen LogP contribution in [0.4, 0.5) is 8.78 Å². The molecular weight excluding hydrogens is 554 g/mol. The number of carbonyl (C=O) groups excluding carboxylic acids is 3. The van der Waals surface area contributed by atoms with Gasteiger partial charge in [0.1, 0.15) is 12.1 Å². The van der Waals surface area contributed by atoms with Gasteiger partial charge in [-0.25, -0.2) is 8.78 Å². The van der Waals surface area contributed by atoms with Crippen LogP contribution in [0.5, 0.6) is 0 Å². The summed E-state index contributed by atoms with van der Waals surface area (Å²) in [5.41, 5.74) is -0.546. The summed E-state index contributed by atoms with van der Waals surface area (Å²) in [7, 11) is 0. The number of nitriles is 1. The summed E-state index contributed by atoms with van der Waals surface area (Å²) in [5.74, 6) is -7.19. The highest BCUT2D eigenvalue weighted by Gasteiger charge is 2.63. The Morgan fingerprint density at radius 1 is 1.17 bits per heavy atom. The van der Waals surface area contributed by atoms with E-state index in [4.69, 9.17) is 11.6 Å². The molecule has 3 aliphatic heterocycles. The fraction of sp³-hybridized carbons (Fsp3) is 0.467. The van der Waals surface area contributed by atoms with Crippen molar-refractivity contribution in [2.45, 2.75) is 68.2 Å². The number of benzene rings is 2. The Bertz CT molecular complexity index is 1480. The summed E-state index contributed by atoms with van der Waals surface area (Å²) < 4.78 is 30.6. The van der Waals surface area contributed by atoms with Crippen molar-refractivity contribution < 1.29 is 28.3 Å². The van der Waals surface area contributed by atoms with Crippen LogP contribution in [0.2, 0.25) is 5.02 Å². The summed E-state index contributed by atoms with van der Waals surface area (Å²) >= 11 is 6.27. The number of amides is 3. The highest BCUT2D eigenvalue weighted by atomic mass is 35.5. The third-order valence-corrected chi connectivity index (χ3v) is 9.35. The van der Waals surface area contributed by atoms with Gasteiger partial charge in [-0.3, -0.25) is 14.4 Å². The number of fused-ring (bicyclic) bond motifs is 6. The third kappa shape index (κ3) is 4.37. The minimum Gasteiger partial charge on any atom is -0.372 e. The van der Waals surface area contributed by atoms with Gasteiger partial charge >= 0.3 is 0 Å². The molecule has 5 aliphatic rings. The predicted octanol–water partition coefficient (Wildman–Crippen LogP) is 3.50. The topological polar surface area (TPSA) is 123 Å². The van der Waals surface area contributed by atoms with E-state index in [1.807, 2.05) is 6.07 Å². The lowest BCUT2D eigenvalue weighted by molar-refractivity contribution is -0.201. The fourth-order valence-electron chi connectivity index (χ4n) is 7.19. The standard InChI is InChI=1S/C30H29ClF2N4O4/c31-17-7-9-21-20-5-1-2-6-22(20)30(41,24(21)13-17)28(40)37-19-8-10-23(29(32,33)14-19)25(37)27(39)36-18(15-34)12-16-4-3-11-35-26(16)38/h1-2,5-7,9,13,16,18-19,23,25,41H,3-4,8,10-12,14H2,(H,35,38)(H,36,39)/t16-,18+,19+,23+,25-,30?/m0/s1. The van der Waals surface area contributed by atoms with E-state index < -0.39 is 59.7 Å². The van der Waals surface area contributed by atoms with E-state index in [-0.39, 0.29) is 41.3 Å². The number of aliphatic hydroxyl groups is 1. The molecule has 41 heavy (non-hydrogen) atoms. The third-order valence-electron chi connectivity index (χ3n) is 9.12. The van der Waals surface area contributed by atoms with Crippen molar-refractivity contribution in [2.24, 2.45) is 11.8 Å². The summed E-state index contributed by atoms with van der Waals surface area (Å²) in [4.78, 5) is 41.6. The van der Waals surface area contributed by atoms with E-state index in [2.05, 4.69) is 10.6 Å². The van der Waals surface area contributed by atoms with E-state index in [1.54, 1.807) is 36.4 Å². The highest BCUT2D eigenvalue weighted by Crippen LogP contribution is 2.54. The van der Waals surface area contributed by atoms with Crippen LogP contribution in [0.3, 0.4) is 0 Å². The van der Waals surface area contributed by atoms with Crippen LogP contribution in [0, 0.1) is 23.2 Å². The van der Waals surface area contributed by atoms with Crippen LogP contribution in [-0.4, -0.2) is 58.3 Å². The Morgan fingerprint density at radius 2 is 1.93 bits per heavy atom. The smallest absolute Gasteiger partial charge is 0.264 e. The highest BCUT2D eigenvalue weighted by molar-refractivity contribution is 6.31. The molecule has 2 aliphatic carbocycles. The SMILES string of the molecule is N#C[C@@H](C[C@@H]1CCCNC1=O)NC(=O)[C@@H]1[C@H]2CC[C@H](CC2(F)F)N1C(=O)C1(O)c2ccccc2-c2ccc(Cl)cc21. The minimum atomic E-state index is -3.22. The van der Waals surface area contributed by atoms with Gasteiger partial charge in [0.15, 0.2) is 5.60 Å². The molecule has 0 aromatic heterocycles. The van der Waals surface area contributed by atoms with Gasteiger partial charge in [0.2, 0.25) is 11.8 Å².